The lowest BCUT2D eigenvalue weighted by atomic mass is 10.1. The number of ether oxygens (including phenoxy) is 1. The first-order valence-electron chi connectivity index (χ1n) is 8.12. The highest BCUT2D eigenvalue weighted by Crippen LogP contribution is 2.22. The number of halogens is 1. The number of aryl methyl sites for hydroxylation is 1. The van der Waals surface area contributed by atoms with Gasteiger partial charge in [-0.25, -0.2) is 0 Å². The Morgan fingerprint density at radius 2 is 2.04 bits per heavy atom. The summed E-state index contributed by atoms with van der Waals surface area (Å²) in [6.07, 6.45) is 8.23. The molecule has 2 N–H and O–H groups in total. The zero-order chi connectivity index (χ0) is 19.8. The molecule has 2 aromatic carbocycles. The summed E-state index contributed by atoms with van der Waals surface area (Å²) in [7, 11) is 1.52. The van der Waals surface area contributed by atoms with E-state index in [1.165, 1.54) is 19.2 Å². The monoisotopic (exact) mass is 382 g/mol. The summed E-state index contributed by atoms with van der Waals surface area (Å²) in [4.78, 5) is 24.1. The first kappa shape index (κ1) is 20.1. The smallest absolute Gasteiger partial charge is 0.253 e. The van der Waals surface area contributed by atoms with Gasteiger partial charge in [0, 0.05) is 18.1 Å². The summed E-state index contributed by atoms with van der Waals surface area (Å²) >= 11 is 5.96. The Hall–Kier alpha value is -3.23. The molecule has 0 heterocycles. The fourth-order valence-corrected chi connectivity index (χ4v) is 2.53. The van der Waals surface area contributed by atoms with Crippen molar-refractivity contribution in [2.45, 2.75) is 6.92 Å². The summed E-state index contributed by atoms with van der Waals surface area (Å²) in [6, 6.07) is 10.2. The quantitative estimate of drug-likeness (QED) is 0.591. The summed E-state index contributed by atoms with van der Waals surface area (Å²) in [5, 5.41) is 5.61. The largest absolute Gasteiger partial charge is 0.481 e. The minimum Gasteiger partial charge on any atom is -0.481 e. The van der Waals surface area contributed by atoms with E-state index in [9.17, 15) is 9.59 Å². The van der Waals surface area contributed by atoms with Crippen molar-refractivity contribution in [3.63, 3.8) is 0 Å². The van der Waals surface area contributed by atoms with Crippen LogP contribution in [0, 0.1) is 19.3 Å². The molecule has 138 valence electrons. The average molecular weight is 383 g/mol. The van der Waals surface area contributed by atoms with Gasteiger partial charge in [0.05, 0.1) is 11.3 Å². The average Bonchev–Trinajstić information content (AvgIpc) is 2.65. The van der Waals surface area contributed by atoms with Crippen LogP contribution in [0.2, 0.25) is 5.02 Å². The maximum absolute atomic E-state index is 12.2. The molecule has 27 heavy (non-hydrogen) atoms. The third kappa shape index (κ3) is 5.63. The van der Waals surface area contributed by atoms with Crippen LogP contribution in [0.4, 0.5) is 5.69 Å². The molecule has 0 aromatic heterocycles. The third-order valence-corrected chi connectivity index (χ3v) is 3.88. The molecule has 0 bridgehead atoms. The van der Waals surface area contributed by atoms with E-state index in [4.69, 9.17) is 22.8 Å². The van der Waals surface area contributed by atoms with Gasteiger partial charge in [-0.05, 0) is 54.5 Å². The Balaban J connectivity index is 2.12. The van der Waals surface area contributed by atoms with E-state index in [-0.39, 0.29) is 18.4 Å². The van der Waals surface area contributed by atoms with E-state index in [2.05, 4.69) is 16.6 Å². The molecular weight excluding hydrogens is 364 g/mol. The highest BCUT2D eigenvalue weighted by molar-refractivity contribution is 6.31. The van der Waals surface area contributed by atoms with Gasteiger partial charge in [0.25, 0.3) is 5.91 Å². The van der Waals surface area contributed by atoms with Crippen molar-refractivity contribution in [1.82, 2.24) is 5.32 Å². The molecule has 0 atom stereocenters. The normalized spacial score (nSPS) is 10.3. The van der Waals surface area contributed by atoms with Gasteiger partial charge in [0.15, 0.2) is 0 Å². The molecule has 0 fully saturated rings. The number of nitrogens with one attached hydrogen (secondary N) is 2. The van der Waals surface area contributed by atoms with Gasteiger partial charge in [-0.2, -0.15) is 0 Å². The van der Waals surface area contributed by atoms with Gasteiger partial charge in [0.2, 0.25) is 5.91 Å². The molecule has 0 aliphatic rings. The highest BCUT2D eigenvalue weighted by Gasteiger charge is 2.12. The van der Waals surface area contributed by atoms with Gasteiger partial charge in [-0.15, -0.1) is 6.42 Å². The number of anilines is 1. The second-order valence-corrected chi connectivity index (χ2v) is 6.05. The maximum Gasteiger partial charge on any atom is 0.253 e. The van der Waals surface area contributed by atoms with Crippen LogP contribution >= 0.6 is 11.6 Å². The van der Waals surface area contributed by atoms with E-state index in [0.29, 0.717) is 22.0 Å². The molecule has 2 rings (SSSR count). The molecule has 0 radical (unpaired) electrons. The van der Waals surface area contributed by atoms with Crippen molar-refractivity contribution in [3.8, 4) is 18.1 Å². The standard InChI is InChI=1S/C21H19ClN2O3/c1-4-11-27-19-9-5-15(12-14(19)2)6-10-20(25)24-18-13-16(22)7-8-17(18)21(26)23-3/h1,5-10,12-13H,11H2,2-3H3,(H,23,26)(H,24,25)/b10-6+. The van der Waals surface area contributed by atoms with Crippen LogP contribution in [0.5, 0.6) is 5.75 Å². The fraction of sp³-hybridized carbons (Fsp3) is 0.143. The highest BCUT2D eigenvalue weighted by atomic mass is 35.5. The van der Waals surface area contributed by atoms with Crippen LogP contribution in [-0.4, -0.2) is 25.5 Å². The summed E-state index contributed by atoms with van der Waals surface area (Å²) in [5.41, 5.74) is 2.40. The molecule has 2 aromatic rings. The Morgan fingerprint density at radius 3 is 2.70 bits per heavy atom. The number of carbonyl (C=O) groups excluding carboxylic acids is 2. The van der Waals surface area contributed by atoms with Crippen LogP contribution in [-0.2, 0) is 4.79 Å². The number of amides is 2. The SMILES string of the molecule is C#CCOc1ccc(/C=C/C(=O)Nc2cc(Cl)ccc2C(=O)NC)cc1C. The van der Waals surface area contributed by atoms with Crippen LogP contribution in [0.1, 0.15) is 21.5 Å². The third-order valence-electron chi connectivity index (χ3n) is 3.65. The molecule has 6 heteroatoms. The van der Waals surface area contributed by atoms with Crippen LogP contribution in [0.15, 0.2) is 42.5 Å². The number of hydrogen-bond acceptors (Lipinski definition) is 3. The summed E-state index contributed by atoms with van der Waals surface area (Å²) < 4.78 is 5.41. The topological polar surface area (TPSA) is 67.4 Å². The molecule has 0 saturated carbocycles. The molecule has 5 nitrogen and oxygen atoms in total. The molecule has 2 amide bonds. The van der Waals surface area contributed by atoms with Crippen molar-refractivity contribution >= 4 is 35.2 Å². The van der Waals surface area contributed by atoms with Gasteiger partial charge in [-0.3, -0.25) is 9.59 Å². The van der Waals surface area contributed by atoms with E-state index in [1.807, 2.05) is 19.1 Å². The second kappa shape index (κ2) is 9.46. The van der Waals surface area contributed by atoms with E-state index in [1.54, 1.807) is 24.3 Å². The number of carbonyl (C=O) groups is 2. The van der Waals surface area contributed by atoms with Gasteiger partial charge < -0.3 is 15.4 Å². The Labute approximate surface area is 163 Å². The minimum absolute atomic E-state index is 0.200. The predicted octanol–water partition coefficient (Wildman–Crippen LogP) is 3.67. The van der Waals surface area contributed by atoms with Crippen molar-refractivity contribution in [2.24, 2.45) is 0 Å². The maximum atomic E-state index is 12.2. The van der Waals surface area contributed by atoms with E-state index < -0.39 is 0 Å². The van der Waals surface area contributed by atoms with Gasteiger partial charge in [0.1, 0.15) is 12.4 Å². The predicted molar refractivity (Wildman–Crippen MR) is 108 cm³/mol. The molecule has 0 aliphatic carbocycles. The van der Waals surface area contributed by atoms with Crippen molar-refractivity contribution < 1.29 is 14.3 Å². The van der Waals surface area contributed by atoms with Crippen LogP contribution in [0.25, 0.3) is 6.08 Å². The molecule has 0 spiro atoms. The lowest BCUT2D eigenvalue weighted by Gasteiger charge is -2.09. The number of hydrogen-bond donors (Lipinski definition) is 2. The lowest BCUT2D eigenvalue weighted by Crippen LogP contribution is -2.20. The Morgan fingerprint density at radius 1 is 1.26 bits per heavy atom. The summed E-state index contributed by atoms with van der Waals surface area (Å²) in [5.74, 6) is 2.42. The number of benzene rings is 2. The molecule has 0 aliphatic heterocycles. The number of rotatable bonds is 6. The first-order chi connectivity index (χ1) is 12.9. The van der Waals surface area contributed by atoms with Crippen LogP contribution < -0.4 is 15.4 Å². The minimum atomic E-state index is -0.382. The van der Waals surface area contributed by atoms with Crippen molar-refractivity contribution in [3.05, 3.63) is 64.2 Å². The number of terminal acetylenes is 1. The summed E-state index contributed by atoms with van der Waals surface area (Å²) in [6.45, 7) is 2.09. The second-order valence-electron chi connectivity index (χ2n) is 5.61. The van der Waals surface area contributed by atoms with Crippen LogP contribution in [0.3, 0.4) is 0 Å². The lowest BCUT2D eigenvalue weighted by molar-refractivity contribution is -0.111. The van der Waals surface area contributed by atoms with E-state index >= 15 is 0 Å². The molecular formula is C21H19ClN2O3. The van der Waals surface area contributed by atoms with E-state index in [0.717, 1.165) is 11.1 Å². The Kier molecular flexibility index (Phi) is 7.04. The van der Waals surface area contributed by atoms with Gasteiger partial charge >= 0.3 is 0 Å². The van der Waals surface area contributed by atoms with Crippen molar-refractivity contribution in [2.75, 3.05) is 19.0 Å². The van der Waals surface area contributed by atoms with Crippen molar-refractivity contribution in [1.29, 1.82) is 0 Å². The molecule has 0 unspecified atom stereocenters. The van der Waals surface area contributed by atoms with Gasteiger partial charge in [-0.1, -0.05) is 23.6 Å². The first-order valence-corrected chi connectivity index (χ1v) is 8.50. The fourth-order valence-electron chi connectivity index (χ4n) is 2.36. The zero-order valence-electron chi connectivity index (χ0n) is 15.0. The Bertz CT molecular complexity index is 930. The molecule has 0 saturated heterocycles. The zero-order valence-corrected chi connectivity index (χ0v) is 15.8.